The molecule has 2 unspecified atom stereocenters. The maximum absolute atomic E-state index is 12.4. The van der Waals surface area contributed by atoms with Crippen LogP contribution in [-0.2, 0) is 15.5 Å². The molecule has 112 valence electrons. The van der Waals surface area contributed by atoms with Crippen molar-refractivity contribution in [1.29, 1.82) is 0 Å². The summed E-state index contributed by atoms with van der Waals surface area (Å²) in [4.78, 5) is 2.97. The summed E-state index contributed by atoms with van der Waals surface area (Å²) in [7, 11) is -1.17. The molecule has 2 N–H and O–H groups in total. The van der Waals surface area contributed by atoms with Gasteiger partial charge in [-0.1, -0.05) is 11.6 Å². The summed E-state index contributed by atoms with van der Waals surface area (Å²) in [6.07, 6.45) is -0.0133. The van der Waals surface area contributed by atoms with Crippen LogP contribution in [0.15, 0.2) is 23.1 Å². The molecule has 0 bridgehead atoms. The molecule has 1 fully saturated rings. The maximum Gasteiger partial charge on any atom is 0.0821 e. The molecule has 6 heteroatoms. The van der Waals surface area contributed by atoms with E-state index in [2.05, 4.69) is 18.7 Å². The smallest absolute Gasteiger partial charge is 0.0821 e. The average Bonchev–Trinajstić information content (AvgIpc) is 2.38. The lowest BCUT2D eigenvalue weighted by molar-refractivity contribution is -0.0268. The molecule has 1 heterocycles. The van der Waals surface area contributed by atoms with Crippen molar-refractivity contribution in [2.45, 2.75) is 30.9 Å². The van der Waals surface area contributed by atoms with Gasteiger partial charge >= 0.3 is 0 Å². The van der Waals surface area contributed by atoms with E-state index >= 15 is 0 Å². The van der Waals surface area contributed by atoms with E-state index in [1.54, 1.807) is 18.2 Å². The summed E-state index contributed by atoms with van der Waals surface area (Å²) >= 11 is 6.10. The minimum absolute atomic E-state index is 0.0133. The first-order valence-corrected chi connectivity index (χ1v) is 8.46. The number of halogens is 1. The summed E-state index contributed by atoms with van der Waals surface area (Å²) in [5.74, 6) is 0.465. The van der Waals surface area contributed by atoms with E-state index in [1.165, 1.54) is 0 Å². The molecule has 0 aliphatic carbocycles. The zero-order valence-corrected chi connectivity index (χ0v) is 13.4. The topological polar surface area (TPSA) is 55.6 Å². The van der Waals surface area contributed by atoms with Gasteiger partial charge in [0.05, 0.1) is 39.2 Å². The summed E-state index contributed by atoms with van der Waals surface area (Å²) < 4.78 is 18.1. The van der Waals surface area contributed by atoms with Crippen LogP contribution in [0.3, 0.4) is 0 Å². The Morgan fingerprint density at radius 1 is 1.55 bits per heavy atom. The molecule has 0 amide bonds. The van der Waals surface area contributed by atoms with Crippen LogP contribution in [0, 0.1) is 0 Å². The van der Waals surface area contributed by atoms with E-state index in [0.717, 1.165) is 13.1 Å². The fourth-order valence-electron chi connectivity index (χ4n) is 2.27. The van der Waals surface area contributed by atoms with E-state index < -0.39 is 10.8 Å². The van der Waals surface area contributed by atoms with Crippen LogP contribution in [0.1, 0.15) is 13.8 Å². The number of benzene rings is 1. The van der Waals surface area contributed by atoms with Crippen molar-refractivity contribution in [3.63, 3.8) is 0 Å². The Morgan fingerprint density at radius 2 is 2.30 bits per heavy atom. The van der Waals surface area contributed by atoms with Crippen molar-refractivity contribution >= 4 is 28.1 Å². The highest BCUT2D eigenvalue weighted by molar-refractivity contribution is 7.85. The molecule has 1 aromatic carbocycles. The largest absolute Gasteiger partial charge is 0.399 e. The number of anilines is 1. The van der Waals surface area contributed by atoms with E-state index in [-0.39, 0.29) is 6.10 Å². The van der Waals surface area contributed by atoms with Crippen molar-refractivity contribution in [3.05, 3.63) is 23.2 Å². The minimum atomic E-state index is -1.17. The summed E-state index contributed by atoms with van der Waals surface area (Å²) in [6.45, 7) is 6.77. The van der Waals surface area contributed by atoms with Crippen LogP contribution in [-0.4, -0.2) is 46.7 Å². The molecule has 0 spiro atoms. The molecule has 1 aliphatic heterocycles. The van der Waals surface area contributed by atoms with Gasteiger partial charge in [-0.2, -0.15) is 0 Å². The summed E-state index contributed by atoms with van der Waals surface area (Å²) in [6, 6.07) is 5.57. The second-order valence-corrected chi connectivity index (χ2v) is 7.15. The average molecular weight is 317 g/mol. The van der Waals surface area contributed by atoms with Gasteiger partial charge in [-0.25, -0.2) is 0 Å². The van der Waals surface area contributed by atoms with Gasteiger partial charge in [0.2, 0.25) is 0 Å². The second-order valence-electron chi connectivity index (χ2n) is 5.28. The zero-order chi connectivity index (χ0) is 14.7. The number of rotatable bonds is 4. The number of nitrogens with two attached hydrogens (primary N) is 1. The molecule has 1 aliphatic rings. The normalized spacial score (nSPS) is 22.1. The highest BCUT2D eigenvalue weighted by Crippen LogP contribution is 2.23. The fourth-order valence-corrected chi connectivity index (χ4v) is 3.93. The van der Waals surface area contributed by atoms with Crippen LogP contribution in [0.4, 0.5) is 5.69 Å². The quantitative estimate of drug-likeness (QED) is 0.865. The van der Waals surface area contributed by atoms with E-state index in [4.69, 9.17) is 22.1 Å². The van der Waals surface area contributed by atoms with E-state index in [0.29, 0.717) is 34.0 Å². The number of morpholine rings is 1. The summed E-state index contributed by atoms with van der Waals surface area (Å²) in [5.41, 5.74) is 6.23. The lowest BCUT2D eigenvalue weighted by atomic mass is 10.2. The van der Waals surface area contributed by atoms with Gasteiger partial charge in [0, 0.05) is 24.8 Å². The third-order valence-electron chi connectivity index (χ3n) is 3.44. The first kappa shape index (κ1) is 15.8. The molecule has 2 rings (SSSR count). The maximum atomic E-state index is 12.4. The van der Waals surface area contributed by atoms with Crippen LogP contribution < -0.4 is 5.73 Å². The summed E-state index contributed by atoms with van der Waals surface area (Å²) in [5, 5.41) is 0.458. The van der Waals surface area contributed by atoms with Gasteiger partial charge in [-0.05, 0) is 32.0 Å². The SMILES string of the molecule is CC(C)N1CCOC(CS(=O)c2ccc(N)cc2Cl)C1. The fraction of sp³-hybridized carbons (Fsp3) is 0.571. The van der Waals surface area contributed by atoms with Crippen molar-refractivity contribution in [1.82, 2.24) is 4.90 Å². The number of nitrogens with zero attached hydrogens (tertiary/aromatic N) is 1. The zero-order valence-electron chi connectivity index (χ0n) is 11.8. The van der Waals surface area contributed by atoms with Crippen LogP contribution in [0.5, 0.6) is 0 Å². The van der Waals surface area contributed by atoms with Crippen LogP contribution >= 0.6 is 11.6 Å². The molecule has 2 atom stereocenters. The van der Waals surface area contributed by atoms with E-state index in [1.807, 2.05) is 0 Å². The van der Waals surface area contributed by atoms with Gasteiger partial charge in [0.15, 0.2) is 0 Å². The van der Waals surface area contributed by atoms with Gasteiger partial charge in [0.25, 0.3) is 0 Å². The molecule has 20 heavy (non-hydrogen) atoms. The molecule has 0 aromatic heterocycles. The van der Waals surface area contributed by atoms with Gasteiger partial charge in [0.1, 0.15) is 0 Å². The predicted molar refractivity (Wildman–Crippen MR) is 83.6 cm³/mol. The molecular formula is C14H21ClN2O2S. The minimum Gasteiger partial charge on any atom is -0.399 e. The molecule has 0 saturated carbocycles. The molecule has 0 radical (unpaired) electrons. The van der Waals surface area contributed by atoms with E-state index in [9.17, 15) is 4.21 Å². The highest BCUT2D eigenvalue weighted by Gasteiger charge is 2.24. The van der Waals surface area contributed by atoms with Crippen molar-refractivity contribution < 1.29 is 8.95 Å². The molecule has 1 saturated heterocycles. The Morgan fingerprint density at radius 3 is 2.95 bits per heavy atom. The Hall–Kier alpha value is -0.620. The lowest BCUT2D eigenvalue weighted by Gasteiger charge is -2.35. The lowest BCUT2D eigenvalue weighted by Crippen LogP contribution is -2.47. The highest BCUT2D eigenvalue weighted by atomic mass is 35.5. The molecule has 1 aromatic rings. The number of nitrogen functional groups attached to an aromatic ring is 1. The predicted octanol–water partition coefficient (Wildman–Crippen LogP) is 2.14. The van der Waals surface area contributed by atoms with Crippen LogP contribution in [0.25, 0.3) is 0 Å². The van der Waals surface area contributed by atoms with Crippen molar-refractivity contribution in [2.75, 3.05) is 31.2 Å². The third kappa shape index (κ3) is 3.95. The van der Waals surface area contributed by atoms with Gasteiger partial charge in [-0.3, -0.25) is 9.11 Å². The molecular weight excluding hydrogens is 296 g/mol. The number of ether oxygens (including phenoxy) is 1. The third-order valence-corrected chi connectivity index (χ3v) is 5.38. The Labute approximate surface area is 127 Å². The Balaban J connectivity index is 2.00. The number of hydrogen-bond donors (Lipinski definition) is 1. The Bertz CT molecular complexity index is 496. The first-order valence-electron chi connectivity index (χ1n) is 6.76. The van der Waals surface area contributed by atoms with Crippen molar-refractivity contribution in [3.8, 4) is 0 Å². The molecule has 4 nitrogen and oxygen atoms in total. The second kappa shape index (κ2) is 6.89. The monoisotopic (exact) mass is 316 g/mol. The van der Waals surface area contributed by atoms with Crippen molar-refractivity contribution in [2.24, 2.45) is 0 Å². The van der Waals surface area contributed by atoms with Gasteiger partial charge < -0.3 is 10.5 Å². The van der Waals surface area contributed by atoms with Gasteiger partial charge in [-0.15, -0.1) is 0 Å². The standard InChI is InChI=1S/C14H21ClN2O2S/c1-10(2)17-5-6-19-12(8-17)9-20(18)14-4-3-11(16)7-13(14)15/h3-4,7,10,12H,5-6,8-9,16H2,1-2H3. The Kier molecular flexibility index (Phi) is 5.43. The van der Waals surface area contributed by atoms with Crippen LogP contribution in [0.2, 0.25) is 5.02 Å². The first-order chi connectivity index (χ1) is 9.47. The number of hydrogen-bond acceptors (Lipinski definition) is 4.